The first-order chi connectivity index (χ1) is 9.11. The second-order valence-electron chi connectivity index (χ2n) is 4.83. The standard InChI is InChI=1S/C14H18N2O3/c15-8-10-3-5-11(6-4-10)13(17)16-7-1-2-12(9-16)14(18)19/h3-6,12H,1-2,7-9,15H2,(H,18,19)/t12-/m0/s1. The maximum absolute atomic E-state index is 12.3. The Kier molecular flexibility index (Phi) is 4.16. The van der Waals surface area contributed by atoms with Crippen LogP contribution < -0.4 is 5.73 Å². The molecule has 1 aromatic carbocycles. The summed E-state index contributed by atoms with van der Waals surface area (Å²) in [5.74, 6) is -1.37. The Hall–Kier alpha value is -1.88. The minimum Gasteiger partial charge on any atom is -0.481 e. The van der Waals surface area contributed by atoms with Crippen LogP contribution >= 0.6 is 0 Å². The van der Waals surface area contributed by atoms with Gasteiger partial charge < -0.3 is 15.7 Å². The topological polar surface area (TPSA) is 83.6 Å². The van der Waals surface area contributed by atoms with Gasteiger partial charge in [-0.05, 0) is 30.5 Å². The molecule has 0 spiro atoms. The highest BCUT2D eigenvalue weighted by Gasteiger charge is 2.28. The summed E-state index contributed by atoms with van der Waals surface area (Å²) in [5.41, 5.74) is 7.07. The Labute approximate surface area is 112 Å². The second-order valence-corrected chi connectivity index (χ2v) is 4.83. The summed E-state index contributed by atoms with van der Waals surface area (Å²) in [4.78, 5) is 24.9. The summed E-state index contributed by atoms with van der Waals surface area (Å²) in [5, 5.41) is 9.02. The summed E-state index contributed by atoms with van der Waals surface area (Å²) in [6.07, 6.45) is 1.38. The molecule has 0 aliphatic carbocycles. The number of carbonyl (C=O) groups excluding carboxylic acids is 1. The molecule has 5 nitrogen and oxygen atoms in total. The van der Waals surface area contributed by atoms with Crippen molar-refractivity contribution in [3.63, 3.8) is 0 Å². The van der Waals surface area contributed by atoms with Crippen LogP contribution in [0.4, 0.5) is 0 Å². The maximum Gasteiger partial charge on any atom is 0.308 e. The number of hydrogen-bond acceptors (Lipinski definition) is 3. The number of likely N-dealkylation sites (tertiary alicyclic amines) is 1. The average Bonchev–Trinajstić information content (AvgIpc) is 2.46. The van der Waals surface area contributed by atoms with E-state index in [-0.39, 0.29) is 5.91 Å². The summed E-state index contributed by atoms with van der Waals surface area (Å²) >= 11 is 0. The number of carboxylic acid groups (broad SMARTS) is 1. The van der Waals surface area contributed by atoms with E-state index in [9.17, 15) is 9.59 Å². The fourth-order valence-corrected chi connectivity index (χ4v) is 2.33. The third-order valence-corrected chi connectivity index (χ3v) is 3.49. The lowest BCUT2D eigenvalue weighted by molar-refractivity contribution is -0.143. The highest BCUT2D eigenvalue weighted by atomic mass is 16.4. The van der Waals surface area contributed by atoms with Crippen molar-refractivity contribution in [3.05, 3.63) is 35.4 Å². The molecule has 3 N–H and O–H groups in total. The fraction of sp³-hybridized carbons (Fsp3) is 0.429. The van der Waals surface area contributed by atoms with Crippen molar-refractivity contribution in [1.29, 1.82) is 0 Å². The summed E-state index contributed by atoms with van der Waals surface area (Å²) < 4.78 is 0. The molecule has 102 valence electrons. The predicted molar refractivity (Wildman–Crippen MR) is 70.6 cm³/mol. The quantitative estimate of drug-likeness (QED) is 0.853. The maximum atomic E-state index is 12.3. The molecule has 1 heterocycles. The van der Waals surface area contributed by atoms with Gasteiger partial charge in [0.2, 0.25) is 0 Å². The number of carboxylic acids is 1. The number of piperidine rings is 1. The molecule has 1 aliphatic heterocycles. The monoisotopic (exact) mass is 262 g/mol. The van der Waals surface area contributed by atoms with Crippen LogP contribution in [0.15, 0.2) is 24.3 Å². The van der Waals surface area contributed by atoms with Crippen molar-refractivity contribution in [2.75, 3.05) is 13.1 Å². The Morgan fingerprint density at radius 3 is 2.58 bits per heavy atom. The molecule has 0 aromatic heterocycles. The van der Waals surface area contributed by atoms with E-state index < -0.39 is 11.9 Å². The molecular formula is C14H18N2O3. The van der Waals surface area contributed by atoms with Crippen molar-refractivity contribution in [2.45, 2.75) is 19.4 Å². The molecule has 1 atom stereocenters. The zero-order valence-electron chi connectivity index (χ0n) is 10.7. The van der Waals surface area contributed by atoms with Gasteiger partial charge in [0.15, 0.2) is 0 Å². The molecule has 2 rings (SSSR count). The van der Waals surface area contributed by atoms with Gasteiger partial charge in [-0.1, -0.05) is 12.1 Å². The van der Waals surface area contributed by atoms with Crippen molar-refractivity contribution in [2.24, 2.45) is 11.7 Å². The van der Waals surface area contributed by atoms with Gasteiger partial charge in [0.05, 0.1) is 5.92 Å². The molecule has 0 bridgehead atoms. The Bertz CT molecular complexity index is 470. The van der Waals surface area contributed by atoms with Crippen LogP contribution in [0.1, 0.15) is 28.8 Å². The first-order valence-corrected chi connectivity index (χ1v) is 6.43. The van der Waals surface area contributed by atoms with Crippen LogP contribution in [0.3, 0.4) is 0 Å². The Morgan fingerprint density at radius 2 is 2.00 bits per heavy atom. The van der Waals surface area contributed by atoms with Gasteiger partial charge in [-0.3, -0.25) is 9.59 Å². The minimum atomic E-state index is -0.823. The number of carbonyl (C=O) groups is 2. The first-order valence-electron chi connectivity index (χ1n) is 6.43. The summed E-state index contributed by atoms with van der Waals surface area (Å²) in [6.45, 7) is 1.37. The van der Waals surface area contributed by atoms with Gasteiger partial charge in [-0.15, -0.1) is 0 Å². The smallest absolute Gasteiger partial charge is 0.308 e. The van der Waals surface area contributed by atoms with Crippen LogP contribution in [0.5, 0.6) is 0 Å². The Balaban J connectivity index is 2.07. The van der Waals surface area contributed by atoms with E-state index in [1.165, 1.54) is 0 Å². The average molecular weight is 262 g/mol. The lowest BCUT2D eigenvalue weighted by Crippen LogP contribution is -2.42. The van der Waals surface area contributed by atoms with E-state index in [0.717, 1.165) is 12.0 Å². The lowest BCUT2D eigenvalue weighted by Gasteiger charge is -2.30. The van der Waals surface area contributed by atoms with Crippen LogP contribution in [0, 0.1) is 5.92 Å². The van der Waals surface area contributed by atoms with Crippen LogP contribution in [0.2, 0.25) is 0 Å². The molecule has 0 saturated carbocycles. The number of benzene rings is 1. The third-order valence-electron chi connectivity index (χ3n) is 3.49. The van der Waals surface area contributed by atoms with Gasteiger partial charge in [0.1, 0.15) is 0 Å². The molecule has 1 aromatic rings. The normalized spacial score (nSPS) is 19.2. The molecule has 1 amide bonds. The number of amides is 1. The Morgan fingerprint density at radius 1 is 1.32 bits per heavy atom. The molecule has 5 heteroatoms. The molecule has 19 heavy (non-hydrogen) atoms. The number of aliphatic carboxylic acids is 1. The number of nitrogens with two attached hydrogens (primary N) is 1. The van der Waals surface area contributed by atoms with Crippen molar-refractivity contribution in [1.82, 2.24) is 4.90 Å². The van der Waals surface area contributed by atoms with Gasteiger partial charge in [0, 0.05) is 25.2 Å². The van der Waals surface area contributed by atoms with Crippen molar-refractivity contribution < 1.29 is 14.7 Å². The molecule has 0 unspecified atom stereocenters. The van der Waals surface area contributed by atoms with E-state index in [2.05, 4.69) is 0 Å². The van der Waals surface area contributed by atoms with Crippen LogP contribution in [-0.4, -0.2) is 35.0 Å². The van der Waals surface area contributed by atoms with E-state index in [1.54, 1.807) is 17.0 Å². The van der Waals surface area contributed by atoms with Gasteiger partial charge in [-0.25, -0.2) is 0 Å². The van der Waals surface area contributed by atoms with Crippen molar-refractivity contribution in [3.8, 4) is 0 Å². The predicted octanol–water partition coefficient (Wildman–Crippen LogP) is 1.08. The van der Waals surface area contributed by atoms with E-state index >= 15 is 0 Å². The highest BCUT2D eigenvalue weighted by Crippen LogP contribution is 2.19. The third kappa shape index (κ3) is 3.12. The van der Waals surface area contributed by atoms with E-state index in [4.69, 9.17) is 10.8 Å². The largest absolute Gasteiger partial charge is 0.481 e. The molecule has 1 aliphatic rings. The fourth-order valence-electron chi connectivity index (χ4n) is 2.33. The van der Waals surface area contributed by atoms with Gasteiger partial charge in [-0.2, -0.15) is 0 Å². The number of hydrogen-bond donors (Lipinski definition) is 2. The van der Waals surface area contributed by atoms with Crippen LogP contribution in [0.25, 0.3) is 0 Å². The molecule has 1 fully saturated rings. The molecular weight excluding hydrogens is 244 g/mol. The highest BCUT2D eigenvalue weighted by molar-refractivity contribution is 5.94. The minimum absolute atomic E-state index is 0.102. The number of rotatable bonds is 3. The van der Waals surface area contributed by atoms with Crippen LogP contribution in [-0.2, 0) is 11.3 Å². The van der Waals surface area contributed by atoms with E-state index in [0.29, 0.717) is 31.6 Å². The lowest BCUT2D eigenvalue weighted by atomic mass is 9.97. The van der Waals surface area contributed by atoms with Gasteiger partial charge >= 0.3 is 5.97 Å². The zero-order valence-corrected chi connectivity index (χ0v) is 10.7. The number of nitrogens with zero attached hydrogens (tertiary/aromatic N) is 1. The van der Waals surface area contributed by atoms with E-state index in [1.807, 2.05) is 12.1 Å². The molecule has 0 radical (unpaired) electrons. The zero-order chi connectivity index (χ0) is 13.8. The van der Waals surface area contributed by atoms with Crippen molar-refractivity contribution >= 4 is 11.9 Å². The van der Waals surface area contributed by atoms with Gasteiger partial charge in [0.25, 0.3) is 5.91 Å². The summed E-state index contributed by atoms with van der Waals surface area (Å²) in [7, 11) is 0. The SMILES string of the molecule is NCc1ccc(C(=O)N2CCC[C@H](C(=O)O)C2)cc1. The second kappa shape index (κ2) is 5.84. The first kappa shape index (κ1) is 13.5. The summed E-state index contributed by atoms with van der Waals surface area (Å²) in [6, 6.07) is 7.14. The molecule has 1 saturated heterocycles.